The van der Waals surface area contributed by atoms with Crippen LogP contribution in [0, 0.1) is 0 Å². The minimum absolute atomic E-state index is 0.149. The SMILES string of the molecule is CCCn1cc(Cl)cc1C(=O)NCC(=O)OC. The zero-order valence-corrected chi connectivity index (χ0v) is 10.6. The first-order chi connectivity index (χ1) is 8.08. The average Bonchev–Trinajstić information content (AvgIpc) is 2.67. The number of aryl methyl sites for hydroxylation is 1. The number of halogens is 1. The number of esters is 1. The number of hydrogen-bond acceptors (Lipinski definition) is 3. The van der Waals surface area contributed by atoms with Crippen LogP contribution in [0.1, 0.15) is 23.8 Å². The fourth-order valence-corrected chi connectivity index (χ4v) is 1.63. The fourth-order valence-electron chi connectivity index (χ4n) is 1.41. The molecule has 0 radical (unpaired) electrons. The van der Waals surface area contributed by atoms with E-state index in [1.165, 1.54) is 7.11 Å². The summed E-state index contributed by atoms with van der Waals surface area (Å²) in [6.45, 7) is 2.56. The first-order valence-corrected chi connectivity index (χ1v) is 5.67. The van der Waals surface area contributed by atoms with Crippen LogP contribution in [0.4, 0.5) is 0 Å². The second-order valence-corrected chi connectivity index (χ2v) is 3.93. The highest BCUT2D eigenvalue weighted by Crippen LogP contribution is 2.14. The maximum atomic E-state index is 11.8. The Bertz CT molecular complexity index is 415. The highest BCUT2D eigenvalue weighted by molar-refractivity contribution is 6.31. The van der Waals surface area contributed by atoms with Crippen LogP contribution in [-0.4, -0.2) is 30.1 Å². The number of amides is 1. The normalized spacial score (nSPS) is 10.1. The van der Waals surface area contributed by atoms with Crippen LogP contribution in [0.15, 0.2) is 12.3 Å². The van der Waals surface area contributed by atoms with Crippen LogP contribution in [0.3, 0.4) is 0 Å². The van der Waals surface area contributed by atoms with Crippen LogP contribution in [0.2, 0.25) is 5.02 Å². The summed E-state index contributed by atoms with van der Waals surface area (Å²) in [5, 5.41) is 2.97. The second-order valence-electron chi connectivity index (χ2n) is 3.50. The van der Waals surface area contributed by atoms with E-state index in [1.807, 2.05) is 6.92 Å². The molecule has 0 atom stereocenters. The Balaban J connectivity index is 2.70. The molecular formula is C11H15ClN2O3. The third-order valence-electron chi connectivity index (χ3n) is 2.18. The van der Waals surface area contributed by atoms with E-state index in [0.717, 1.165) is 6.42 Å². The Morgan fingerprint density at radius 1 is 1.53 bits per heavy atom. The number of nitrogens with zero attached hydrogens (tertiary/aromatic N) is 1. The van der Waals surface area contributed by atoms with Crippen molar-refractivity contribution in [1.82, 2.24) is 9.88 Å². The summed E-state index contributed by atoms with van der Waals surface area (Å²) in [5.74, 6) is -0.825. The van der Waals surface area contributed by atoms with Crippen LogP contribution < -0.4 is 5.32 Å². The summed E-state index contributed by atoms with van der Waals surface area (Å²) >= 11 is 5.84. The zero-order valence-electron chi connectivity index (χ0n) is 9.83. The molecule has 0 aromatic carbocycles. The lowest BCUT2D eigenvalue weighted by molar-refractivity contribution is -0.139. The molecule has 1 heterocycles. The Labute approximate surface area is 105 Å². The molecule has 0 saturated carbocycles. The summed E-state index contributed by atoms with van der Waals surface area (Å²) in [5.41, 5.74) is 0.445. The van der Waals surface area contributed by atoms with Gasteiger partial charge in [0.05, 0.1) is 12.1 Å². The molecule has 0 unspecified atom stereocenters. The van der Waals surface area contributed by atoms with E-state index < -0.39 is 5.97 Å². The molecule has 0 spiro atoms. The molecule has 0 fully saturated rings. The van der Waals surface area contributed by atoms with E-state index in [1.54, 1.807) is 16.8 Å². The predicted molar refractivity (Wildman–Crippen MR) is 64.1 cm³/mol. The lowest BCUT2D eigenvalue weighted by Crippen LogP contribution is -2.31. The van der Waals surface area contributed by atoms with E-state index in [-0.39, 0.29) is 12.5 Å². The molecular weight excluding hydrogens is 244 g/mol. The minimum atomic E-state index is -0.488. The quantitative estimate of drug-likeness (QED) is 0.814. The van der Waals surface area contributed by atoms with Gasteiger partial charge < -0.3 is 14.6 Å². The van der Waals surface area contributed by atoms with E-state index in [0.29, 0.717) is 17.3 Å². The maximum Gasteiger partial charge on any atom is 0.325 e. The van der Waals surface area contributed by atoms with Crippen molar-refractivity contribution in [2.24, 2.45) is 0 Å². The Morgan fingerprint density at radius 2 is 2.24 bits per heavy atom. The topological polar surface area (TPSA) is 60.3 Å². The molecule has 6 heteroatoms. The standard InChI is InChI=1S/C11H15ClN2O3/c1-3-4-14-7-8(12)5-9(14)11(16)13-6-10(15)17-2/h5,7H,3-4,6H2,1-2H3,(H,13,16). The van der Waals surface area contributed by atoms with Gasteiger partial charge in [-0.05, 0) is 12.5 Å². The average molecular weight is 259 g/mol. The Kier molecular flexibility index (Phi) is 5.03. The summed E-state index contributed by atoms with van der Waals surface area (Å²) in [7, 11) is 1.27. The van der Waals surface area contributed by atoms with E-state index >= 15 is 0 Å². The molecule has 1 aromatic rings. The molecule has 0 bridgehead atoms. The first kappa shape index (κ1) is 13.6. The number of nitrogens with one attached hydrogen (secondary N) is 1. The molecule has 5 nitrogen and oxygen atoms in total. The van der Waals surface area contributed by atoms with Crippen molar-refractivity contribution >= 4 is 23.5 Å². The molecule has 0 aliphatic carbocycles. The van der Waals surface area contributed by atoms with Crippen molar-refractivity contribution in [3.63, 3.8) is 0 Å². The third kappa shape index (κ3) is 3.78. The van der Waals surface area contributed by atoms with Gasteiger partial charge in [0.15, 0.2) is 0 Å². The Hall–Kier alpha value is -1.49. The van der Waals surface area contributed by atoms with E-state index in [9.17, 15) is 9.59 Å². The van der Waals surface area contributed by atoms with Crippen molar-refractivity contribution in [1.29, 1.82) is 0 Å². The van der Waals surface area contributed by atoms with Gasteiger partial charge >= 0.3 is 5.97 Å². The van der Waals surface area contributed by atoms with Crippen LogP contribution >= 0.6 is 11.6 Å². The number of methoxy groups -OCH3 is 1. The molecule has 1 aromatic heterocycles. The molecule has 0 aliphatic rings. The van der Waals surface area contributed by atoms with Gasteiger partial charge in [0.2, 0.25) is 0 Å². The van der Waals surface area contributed by atoms with Crippen LogP contribution in [0.5, 0.6) is 0 Å². The maximum absolute atomic E-state index is 11.8. The third-order valence-corrected chi connectivity index (χ3v) is 2.39. The van der Waals surface area contributed by atoms with Crippen LogP contribution in [0.25, 0.3) is 0 Å². The van der Waals surface area contributed by atoms with Crippen LogP contribution in [-0.2, 0) is 16.1 Å². The summed E-state index contributed by atoms with van der Waals surface area (Å²) in [4.78, 5) is 22.7. The predicted octanol–water partition coefficient (Wildman–Crippen LogP) is 1.45. The van der Waals surface area contributed by atoms with E-state index in [2.05, 4.69) is 10.1 Å². The number of carbonyl (C=O) groups excluding carboxylic acids is 2. The molecule has 0 saturated heterocycles. The number of hydrogen-bond donors (Lipinski definition) is 1. The van der Waals surface area contributed by atoms with E-state index in [4.69, 9.17) is 11.6 Å². The highest BCUT2D eigenvalue weighted by atomic mass is 35.5. The molecule has 0 aliphatic heterocycles. The first-order valence-electron chi connectivity index (χ1n) is 5.29. The zero-order chi connectivity index (χ0) is 12.8. The minimum Gasteiger partial charge on any atom is -0.468 e. The monoisotopic (exact) mass is 258 g/mol. The van der Waals surface area contributed by atoms with Gasteiger partial charge in [0, 0.05) is 12.7 Å². The van der Waals surface area contributed by atoms with Gasteiger partial charge in [-0.25, -0.2) is 0 Å². The van der Waals surface area contributed by atoms with Gasteiger partial charge in [-0.1, -0.05) is 18.5 Å². The van der Waals surface area contributed by atoms with Gasteiger partial charge in [-0.2, -0.15) is 0 Å². The summed E-state index contributed by atoms with van der Waals surface area (Å²) in [6, 6.07) is 1.57. The van der Waals surface area contributed by atoms with Crippen molar-refractivity contribution in [3.8, 4) is 0 Å². The van der Waals surface area contributed by atoms with Crippen molar-refractivity contribution in [3.05, 3.63) is 23.0 Å². The lowest BCUT2D eigenvalue weighted by atomic mass is 10.3. The molecule has 17 heavy (non-hydrogen) atoms. The summed E-state index contributed by atoms with van der Waals surface area (Å²) in [6.07, 6.45) is 2.58. The smallest absolute Gasteiger partial charge is 0.325 e. The summed E-state index contributed by atoms with van der Waals surface area (Å²) < 4.78 is 6.19. The lowest BCUT2D eigenvalue weighted by Gasteiger charge is -2.07. The van der Waals surface area contributed by atoms with Crippen molar-refractivity contribution in [2.45, 2.75) is 19.9 Å². The van der Waals surface area contributed by atoms with Gasteiger partial charge in [-0.15, -0.1) is 0 Å². The number of carbonyl (C=O) groups is 2. The Morgan fingerprint density at radius 3 is 2.82 bits per heavy atom. The van der Waals surface area contributed by atoms with Gasteiger partial charge in [0.25, 0.3) is 5.91 Å². The molecule has 1 amide bonds. The van der Waals surface area contributed by atoms with Crippen molar-refractivity contribution < 1.29 is 14.3 Å². The number of rotatable bonds is 5. The fraction of sp³-hybridized carbons (Fsp3) is 0.455. The highest BCUT2D eigenvalue weighted by Gasteiger charge is 2.13. The van der Waals surface area contributed by atoms with Gasteiger partial charge in [0.1, 0.15) is 12.2 Å². The molecule has 1 rings (SSSR count). The molecule has 94 valence electrons. The largest absolute Gasteiger partial charge is 0.468 e. The van der Waals surface area contributed by atoms with Gasteiger partial charge in [-0.3, -0.25) is 9.59 Å². The number of aromatic nitrogens is 1. The molecule has 1 N–H and O–H groups in total. The number of ether oxygens (including phenoxy) is 1. The van der Waals surface area contributed by atoms with Crippen molar-refractivity contribution in [2.75, 3.05) is 13.7 Å². The second kappa shape index (κ2) is 6.30.